The summed E-state index contributed by atoms with van der Waals surface area (Å²) in [6.07, 6.45) is 22.9. The first kappa shape index (κ1) is 25.4. The normalized spacial score (nSPS) is 10.9. The lowest BCUT2D eigenvalue weighted by Crippen LogP contribution is -2.05. The number of unbranched alkanes of at least 4 members (excludes halogenated alkanes) is 14. The summed E-state index contributed by atoms with van der Waals surface area (Å²) < 4.78 is 0. The Bertz CT molecular complexity index is 506. The first-order valence-electron chi connectivity index (χ1n) is 11.8. The maximum absolute atomic E-state index is 5.54. The minimum Gasteiger partial charge on any atom is -0.0893 e. The maximum Gasteiger partial charge on any atom is 0.0273 e. The van der Waals surface area contributed by atoms with Gasteiger partial charge in [-0.25, -0.2) is 0 Å². The molecule has 0 amide bonds. The maximum atomic E-state index is 5.54. The Kier molecular flexibility index (Phi) is 16.7. The van der Waals surface area contributed by atoms with Crippen molar-refractivity contribution < 1.29 is 0 Å². The standard InChI is InChI=1S/C26H42S2/c1-2-3-4-5-6-7-8-9-10-11-12-13-14-15-19-22-25(27)23-26(28)24-20-17-16-18-21-24/h16-18,20-21H,2-15,19,22-23H2,1H3. The fourth-order valence-electron chi connectivity index (χ4n) is 3.69. The summed E-state index contributed by atoms with van der Waals surface area (Å²) in [5, 5.41) is 0. The van der Waals surface area contributed by atoms with E-state index in [1.807, 2.05) is 18.2 Å². The minimum absolute atomic E-state index is 0.799. The van der Waals surface area contributed by atoms with Gasteiger partial charge in [-0.3, -0.25) is 0 Å². The SMILES string of the molecule is CCCCCCCCCCCCCCCCCC(=S)CC(=S)c1ccccc1. The van der Waals surface area contributed by atoms with Crippen LogP contribution < -0.4 is 0 Å². The van der Waals surface area contributed by atoms with E-state index in [-0.39, 0.29) is 0 Å². The van der Waals surface area contributed by atoms with Crippen molar-refractivity contribution in [2.45, 2.75) is 116 Å². The molecule has 0 aliphatic heterocycles. The second-order valence-electron chi connectivity index (χ2n) is 8.20. The second-order valence-corrected chi connectivity index (χ2v) is 9.27. The van der Waals surface area contributed by atoms with Crippen LogP contribution in [0.2, 0.25) is 0 Å². The average molecular weight is 419 g/mol. The highest BCUT2D eigenvalue weighted by atomic mass is 32.1. The molecule has 1 aromatic carbocycles. The topological polar surface area (TPSA) is 0 Å². The van der Waals surface area contributed by atoms with Crippen LogP contribution in [0, 0.1) is 0 Å². The predicted molar refractivity (Wildman–Crippen MR) is 135 cm³/mol. The third kappa shape index (κ3) is 14.4. The molecule has 0 unspecified atom stereocenters. The summed E-state index contributed by atoms with van der Waals surface area (Å²) in [7, 11) is 0. The predicted octanol–water partition coefficient (Wildman–Crippen LogP) is 9.43. The molecule has 0 saturated heterocycles. The lowest BCUT2D eigenvalue weighted by atomic mass is 10.0. The third-order valence-corrected chi connectivity index (χ3v) is 6.24. The first-order chi connectivity index (χ1) is 13.7. The van der Waals surface area contributed by atoms with Gasteiger partial charge in [-0.05, 0) is 23.3 Å². The fourth-order valence-corrected chi connectivity index (χ4v) is 4.38. The number of hydrogen-bond acceptors (Lipinski definition) is 2. The molecule has 0 radical (unpaired) electrons. The van der Waals surface area contributed by atoms with Crippen molar-refractivity contribution >= 4 is 34.2 Å². The van der Waals surface area contributed by atoms with E-state index in [0.717, 1.165) is 28.1 Å². The molecule has 28 heavy (non-hydrogen) atoms. The molecule has 0 aromatic heterocycles. The van der Waals surface area contributed by atoms with Crippen molar-refractivity contribution in [2.24, 2.45) is 0 Å². The molecule has 1 rings (SSSR count). The van der Waals surface area contributed by atoms with Gasteiger partial charge in [-0.1, -0.05) is 152 Å². The van der Waals surface area contributed by atoms with Crippen LogP contribution in [0.3, 0.4) is 0 Å². The van der Waals surface area contributed by atoms with Crippen LogP contribution >= 0.6 is 24.4 Å². The van der Waals surface area contributed by atoms with E-state index in [0.29, 0.717) is 0 Å². The van der Waals surface area contributed by atoms with Gasteiger partial charge < -0.3 is 0 Å². The van der Waals surface area contributed by atoms with E-state index in [9.17, 15) is 0 Å². The first-order valence-corrected chi connectivity index (χ1v) is 12.7. The highest BCUT2D eigenvalue weighted by Crippen LogP contribution is 2.15. The van der Waals surface area contributed by atoms with Crippen molar-refractivity contribution in [3.63, 3.8) is 0 Å². The Hall–Kier alpha value is -0.600. The number of benzene rings is 1. The van der Waals surface area contributed by atoms with Crippen LogP contribution in [0.15, 0.2) is 30.3 Å². The van der Waals surface area contributed by atoms with E-state index in [1.54, 1.807) is 0 Å². The van der Waals surface area contributed by atoms with E-state index >= 15 is 0 Å². The zero-order valence-corrected chi connectivity index (χ0v) is 19.9. The van der Waals surface area contributed by atoms with Crippen molar-refractivity contribution in [3.05, 3.63) is 35.9 Å². The molecule has 0 saturated carbocycles. The summed E-state index contributed by atoms with van der Waals surface area (Å²) >= 11 is 11.1. The molecule has 0 aliphatic carbocycles. The van der Waals surface area contributed by atoms with E-state index < -0.39 is 0 Å². The van der Waals surface area contributed by atoms with Crippen LogP contribution in [-0.2, 0) is 0 Å². The molecule has 0 N–H and O–H groups in total. The van der Waals surface area contributed by atoms with Crippen LogP contribution in [0.25, 0.3) is 0 Å². The van der Waals surface area contributed by atoms with Crippen molar-refractivity contribution in [2.75, 3.05) is 0 Å². The van der Waals surface area contributed by atoms with Gasteiger partial charge in [0.05, 0.1) is 0 Å². The van der Waals surface area contributed by atoms with Gasteiger partial charge in [0, 0.05) is 11.3 Å². The number of hydrogen-bond donors (Lipinski definition) is 0. The quantitative estimate of drug-likeness (QED) is 0.125. The molecule has 1 aromatic rings. The van der Waals surface area contributed by atoms with Crippen LogP contribution in [0.1, 0.15) is 122 Å². The third-order valence-electron chi connectivity index (χ3n) is 5.51. The Morgan fingerprint density at radius 3 is 1.50 bits per heavy atom. The smallest absolute Gasteiger partial charge is 0.0273 e. The lowest BCUT2D eigenvalue weighted by Gasteiger charge is -2.06. The van der Waals surface area contributed by atoms with Crippen LogP contribution in [-0.4, -0.2) is 9.73 Å². The molecule has 0 atom stereocenters. The number of rotatable bonds is 19. The molecular formula is C26H42S2. The summed E-state index contributed by atoms with van der Waals surface area (Å²) in [5.41, 5.74) is 1.15. The summed E-state index contributed by atoms with van der Waals surface area (Å²) in [6, 6.07) is 10.3. The molecule has 0 nitrogen and oxygen atoms in total. The Morgan fingerprint density at radius 1 is 0.607 bits per heavy atom. The lowest BCUT2D eigenvalue weighted by molar-refractivity contribution is 0.533. The van der Waals surface area contributed by atoms with Gasteiger partial charge in [-0.15, -0.1) is 0 Å². The van der Waals surface area contributed by atoms with Crippen LogP contribution in [0.4, 0.5) is 0 Å². The highest BCUT2D eigenvalue weighted by Gasteiger charge is 2.04. The Labute approximate surface area is 185 Å². The summed E-state index contributed by atoms with van der Waals surface area (Å²) in [5.74, 6) is 0. The molecule has 0 bridgehead atoms. The molecule has 0 spiro atoms. The molecule has 0 fully saturated rings. The summed E-state index contributed by atoms with van der Waals surface area (Å²) in [6.45, 7) is 2.29. The average Bonchev–Trinajstić information content (AvgIpc) is 2.71. The van der Waals surface area contributed by atoms with E-state index in [1.165, 1.54) is 96.3 Å². The van der Waals surface area contributed by atoms with Crippen LogP contribution in [0.5, 0.6) is 0 Å². The van der Waals surface area contributed by atoms with Crippen molar-refractivity contribution in [1.29, 1.82) is 0 Å². The van der Waals surface area contributed by atoms with E-state index in [2.05, 4.69) is 19.1 Å². The van der Waals surface area contributed by atoms with Gasteiger partial charge in [0.1, 0.15) is 0 Å². The van der Waals surface area contributed by atoms with Gasteiger partial charge in [0.15, 0.2) is 0 Å². The van der Waals surface area contributed by atoms with Gasteiger partial charge >= 0.3 is 0 Å². The highest BCUT2D eigenvalue weighted by molar-refractivity contribution is 7.82. The minimum atomic E-state index is 0.799. The molecule has 158 valence electrons. The Morgan fingerprint density at radius 2 is 1.04 bits per heavy atom. The zero-order chi connectivity index (χ0) is 20.3. The van der Waals surface area contributed by atoms with Crippen molar-refractivity contribution in [3.8, 4) is 0 Å². The molecule has 0 aliphatic rings. The number of thiocarbonyl (C=S) groups is 2. The van der Waals surface area contributed by atoms with Gasteiger partial charge in [0.25, 0.3) is 0 Å². The largest absolute Gasteiger partial charge is 0.0893 e. The van der Waals surface area contributed by atoms with Gasteiger partial charge in [-0.2, -0.15) is 0 Å². The molecule has 2 heteroatoms. The Balaban J connectivity index is 1.84. The zero-order valence-electron chi connectivity index (χ0n) is 18.2. The monoisotopic (exact) mass is 418 g/mol. The molecular weight excluding hydrogens is 376 g/mol. The second kappa shape index (κ2) is 18.4. The van der Waals surface area contributed by atoms with Crippen molar-refractivity contribution in [1.82, 2.24) is 0 Å². The summed E-state index contributed by atoms with van der Waals surface area (Å²) in [4.78, 5) is 2.12. The molecule has 0 heterocycles. The fraction of sp³-hybridized carbons (Fsp3) is 0.692. The van der Waals surface area contributed by atoms with Gasteiger partial charge in [0.2, 0.25) is 0 Å². The van der Waals surface area contributed by atoms with E-state index in [4.69, 9.17) is 24.4 Å².